The summed E-state index contributed by atoms with van der Waals surface area (Å²) in [5.41, 5.74) is 10.3. The maximum atomic E-state index is 7.40. The molecule has 1 aromatic carbocycles. The Kier molecular flexibility index (Phi) is 5.86. The number of nitrogens with zero attached hydrogens (tertiary/aromatic N) is 1. The second kappa shape index (κ2) is 7.44. The minimum absolute atomic E-state index is 0.0772. The van der Waals surface area contributed by atoms with Gasteiger partial charge in [-0.25, -0.2) is 0 Å². The Balaban J connectivity index is 2.25. The van der Waals surface area contributed by atoms with Crippen LogP contribution in [0.15, 0.2) is 29.3 Å². The van der Waals surface area contributed by atoms with Crippen LogP contribution in [0.25, 0.3) is 0 Å². The second-order valence-corrected chi connectivity index (χ2v) is 4.30. The van der Waals surface area contributed by atoms with Crippen LogP contribution < -0.4 is 20.9 Å². The first-order valence-corrected chi connectivity index (χ1v) is 6.18. The van der Waals surface area contributed by atoms with Crippen LogP contribution >= 0.6 is 11.8 Å². The Hall–Kier alpha value is -1.89. The molecule has 0 aliphatic carbocycles. The van der Waals surface area contributed by atoms with E-state index in [1.54, 1.807) is 7.11 Å². The highest BCUT2D eigenvalue weighted by Crippen LogP contribution is 2.17. The molecule has 0 spiro atoms. The number of guanidine groups is 1. The number of nitrogens with two attached hydrogens (primary N) is 2. The fourth-order valence-corrected chi connectivity index (χ4v) is 1.65. The molecule has 98 valence electrons. The van der Waals surface area contributed by atoms with Gasteiger partial charge >= 0.3 is 0 Å². The molecule has 0 bridgehead atoms. The van der Waals surface area contributed by atoms with Gasteiger partial charge in [-0.3, -0.25) is 5.41 Å². The van der Waals surface area contributed by atoms with Crippen LogP contribution in [0.3, 0.4) is 0 Å². The monoisotopic (exact) mass is 268 g/mol. The molecule has 1 aromatic rings. The van der Waals surface area contributed by atoms with E-state index in [9.17, 15) is 0 Å². The van der Waals surface area contributed by atoms with Crippen molar-refractivity contribution in [3.05, 3.63) is 24.3 Å². The molecular formula is C11H16N4O2S. The van der Waals surface area contributed by atoms with Gasteiger partial charge in [0.15, 0.2) is 11.1 Å². The molecule has 0 aliphatic heterocycles. The van der Waals surface area contributed by atoms with Gasteiger partial charge in [0.05, 0.1) is 13.7 Å². The highest BCUT2D eigenvalue weighted by Gasteiger charge is 1.98. The SMILES string of the molecule is COc1ccc(OCCSC(=N)N=C(N)N)cc1. The summed E-state index contributed by atoms with van der Waals surface area (Å²) in [6.07, 6.45) is 0. The van der Waals surface area contributed by atoms with E-state index in [-0.39, 0.29) is 11.1 Å². The number of rotatable bonds is 5. The minimum atomic E-state index is -0.108. The molecule has 7 heteroatoms. The van der Waals surface area contributed by atoms with Crippen molar-refractivity contribution in [1.29, 1.82) is 5.41 Å². The van der Waals surface area contributed by atoms with Gasteiger partial charge in [-0.15, -0.1) is 0 Å². The van der Waals surface area contributed by atoms with Crippen LogP contribution in [0, 0.1) is 5.41 Å². The minimum Gasteiger partial charge on any atom is -0.497 e. The summed E-state index contributed by atoms with van der Waals surface area (Å²) in [5, 5.41) is 7.48. The lowest BCUT2D eigenvalue weighted by Crippen LogP contribution is -2.23. The molecule has 0 amide bonds. The van der Waals surface area contributed by atoms with E-state index in [0.29, 0.717) is 12.4 Å². The average molecular weight is 268 g/mol. The van der Waals surface area contributed by atoms with Crippen molar-refractivity contribution in [3.8, 4) is 11.5 Å². The molecule has 0 atom stereocenters. The number of nitrogens with one attached hydrogen (secondary N) is 1. The molecular weight excluding hydrogens is 252 g/mol. The van der Waals surface area contributed by atoms with Crippen molar-refractivity contribution in [1.82, 2.24) is 0 Å². The van der Waals surface area contributed by atoms with E-state index in [1.165, 1.54) is 11.8 Å². The topological polar surface area (TPSA) is 107 Å². The number of benzene rings is 1. The van der Waals surface area contributed by atoms with Crippen LogP contribution in [0.2, 0.25) is 0 Å². The summed E-state index contributed by atoms with van der Waals surface area (Å²) in [4.78, 5) is 3.59. The first-order chi connectivity index (χ1) is 8.61. The fourth-order valence-electron chi connectivity index (χ4n) is 1.12. The molecule has 0 fully saturated rings. The lowest BCUT2D eigenvalue weighted by molar-refractivity contribution is 0.343. The summed E-state index contributed by atoms with van der Waals surface area (Å²) < 4.78 is 10.5. The van der Waals surface area contributed by atoms with E-state index in [0.717, 1.165) is 11.5 Å². The van der Waals surface area contributed by atoms with E-state index in [1.807, 2.05) is 24.3 Å². The third-order valence-electron chi connectivity index (χ3n) is 1.88. The van der Waals surface area contributed by atoms with Crippen molar-refractivity contribution >= 4 is 22.9 Å². The van der Waals surface area contributed by atoms with Gasteiger partial charge in [0.1, 0.15) is 11.5 Å². The molecule has 0 unspecified atom stereocenters. The number of hydrogen-bond acceptors (Lipinski definition) is 4. The normalized spacial score (nSPS) is 9.61. The van der Waals surface area contributed by atoms with E-state index < -0.39 is 0 Å². The molecule has 0 saturated heterocycles. The molecule has 18 heavy (non-hydrogen) atoms. The quantitative estimate of drug-likeness (QED) is 0.420. The van der Waals surface area contributed by atoms with Gasteiger partial charge in [-0.05, 0) is 24.3 Å². The summed E-state index contributed by atoms with van der Waals surface area (Å²) >= 11 is 1.22. The van der Waals surface area contributed by atoms with Crippen molar-refractivity contribution in [2.75, 3.05) is 19.5 Å². The number of amidine groups is 1. The van der Waals surface area contributed by atoms with Gasteiger partial charge < -0.3 is 20.9 Å². The Labute approximate surface area is 110 Å². The molecule has 0 radical (unpaired) electrons. The third-order valence-corrected chi connectivity index (χ3v) is 2.62. The zero-order valence-electron chi connectivity index (χ0n) is 10.1. The molecule has 5 N–H and O–H groups in total. The van der Waals surface area contributed by atoms with E-state index >= 15 is 0 Å². The lowest BCUT2D eigenvalue weighted by atomic mass is 10.3. The van der Waals surface area contributed by atoms with E-state index in [2.05, 4.69) is 4.99 Å². The van der Waals surface area contributed by atoms with Gasteiger partial charge in [-0.1, -0.05) is 11.8 Å². The van der Waals surface area contributed by atoms with Crippen LogP contribution in [0.1, 0.15) is 0 Å². The second-order valence-electron chi connectivity index (χ2n) is 3.21. The fraction of sp³-hybridized carbons (Fsp3) is 0.273. The zero-order valence-corrected chi connectivity index (χ0v) is 10.9. The van der Waals surface area contributed by atoms with Crippen LogP contribution in [0.5, 0.6) is 11.5 Å². The van der Waals surface area contributed by atoms with Gasteiger partial charge in [0, 0.05) is 5.75 Å². The molecule has 0 aliphatic rings. The first-order valence-electron chi connectivity index (χ1n) is 5.19. The Bertz CT molecular complexity index is 416. The van der Waals surface area contributed by atoms with Gasteiger partial charge in [0.25, 0.3) is 0 Å². The predicted octanol–water partition coefficient (Wildman–Crippen LogP) is 1.02. The maximum Gasteiger partial charge on any atom is 0.193 e. The summed E-state index contributed by atoms with van der Waals surface area (Å²) in [5.74, 6) is 2.03. The summed E-state index contributed by atoms with van der Waals surface area (Å²) in [6, 6.07) is 7.30. The molecule has 0 aromatic heterocycles. The highest BCUT2D eigenvalue weighted by molar-refractivity contribution is 8.13. The maximum absolute atomic E-state index is 7.40. The highest BCUT2D eigenvalue weighted by atomic mass is 32.2. The summed E-state index contributed by atoms with van der Waals surface area (Å²) in [6.45, 7) is 0.472. The first kappa shape index (κ1) is 14.2. The van der Waals surface area contributed by atoms with Crippen LogP contribution in [0.4, 0.5) is 0 Å². The van der Waals surface area contributed by atoms with Crippen molar-refractivity contribution in [2.24, 2.45) is 16.5 Å². The van der Waals surface area contributed by atoms with Crippen LogP contribution in [-0.2, 0) is 0 Å². The predicted molar refractivity (Wildman–Crippen MR) is 74.5 cm³/mol. The molecule has 0 heterocycles. The number of ether oxygens (including phenoxy) is 2. The lowest BCUT2D eigenvalue weighted by Gasteiger charge is -2.06. The molecule has 1 rings (SSSR count). The van der Waals surface area contributed by atoms with Crippen molar-refractivity contribution < 1.29 is 9.47 Å². The Morgan fingerprint density at radius 1 is 1.28 bits per heavy atom. The number of thioether (sulfide) groups is 1. The number of hydrogen-bond donors (Lipinski definition) is 3. The largest absolute Gasteiger partial charge is 0.497 e. The van der Waals surface area contributed by atoms with Gasteiger partial charge in [0.2, 0.25) is 0 Å². The van der Waals surface area contributed by atoms with Gasteiger partial charge in [-0.2, -0.15) is 4.99 Å². The number of aliphatic imine (C=N–C) groups is 1. The van der Waals surface area contributed by atoms with Crippen molar-refractivity contribution in [2.45, 2.75) is 0 Å². The number of methoxy groups -OCH3 is 1. The van der Waals surface area contributed by atoms with Crippen molar-refractivity contribution in [3.63, 3.8) is 0 Å². The summed E-state index contributed by atoms with van der Waals surface area (Å²) in [7, 11) is 1.61. The Morgan fingerprint density at radius 2 is 1.89 bits per heavy atom. The molecule has 0 saturated carbocycles. The third kappa shape index (κ3) is 5.44. The Morgan fingerprint density at radius 3 is 2.44 bits per heavy atom. The smallest absolute Gasteiger partial charge is 0.193 e. The zero-order chi connectivity index (χ0) is 13.4. The van der Waals surface area contributed by atoms with Crippen LogP contribution in [-0.4, -0.2) is 30.6 Å². The van der Waals surface area contributed by atoms with E-state index in [4.69, 9.17) is 26.4 Å². The standard InChI is InChI=1S/C11H16N4O2S/c1-16-8-2-4-9(5-3-8)17-6-7-18-11(14)15-10(12)13/h2-5H,6-7H2,1H3,(H5,12,13,14,15). The molecule has 6 nitrogen and oxygen atoms in total. The average Bonchev–Trinajstić information content (AvgIpc) is 2.34.